The van der Waals surface area contributed by atoms with E-state index in [1.165, 1.54) is 0 Å². The zero-order valence-corrected chi connectivity index (χ0v) is 25.1. The maximum atomic E-state index is 13.9. The Balaban J connectivity index is 1.69. The van der Waals surface area contributed by atoms with Gasteiger partial charge in [0.25, 0.3) is 0 Å². The Labute approximate surface area is 250 Å². The van der Waals surface area contributed by atoms with Crippen LogP contribution in [0.1, 0.15) is 81.3 Å². The minimum absolute atomic E-state index is 0.00804. The van der Waals surface area contributed by atoms with E-state index in [2.05, 4.69) is 17.2 Å². The van der Waals surface area contributed by atoms with Crippen LogP contribution in [0.5, 0.6) is 0 Å². The third kappa shape index (κ3) is 10.2. The molecule has 0 fully saturated rings. The summed E-state index contributed by atoms with van der Waals surface area (Å²) in [4.78, 5) is 46.4. The number of carbonyl (C=O) groups is 3. The molecule has 8 heteroatoms. The van der Waals surface area contributed by atoms with Gasteiger partial charge < -0.3 is 20.7 Å². The Morgan fingerprint density at radius 3 is 2.38 bits per heavy atom. The van der Waals surface area contributed by atoms with Crippen LogP contribution < -0.4 is 11.1 Å². The van der Waals surface area contributed by atoms with Gasteiger partial charge in [-0.1, -0.05) is 81.3 Å². The summed E-state index contributed by atoms with van der Waals surface area (Å²) < 4.78 is 5.42. The first-order valence-corrected chi connectivity index (χ1v) is 15.3. The number of fused-ring (bicyclic) bond motifs is 1. The van der Waals surface area contributed by atoms with E-state index in [4.69, 9.17) is 10.5 Å². The Kier molecular flexibility index (Phi) is 14.0. The molecule has 0 saturated carbocycles. The molecule has 1 unspecified atom stereocenters. The molecule has 3 rings (SSSR count). The predicted molar refractivity (Wildman–Crippen MR) is 167 cm³/mol. The van der Waals surface area contributed by atoms with Crippen LogP contribution in [-0.4, -0.2) is 53.3 Å². The van der Waals surface area contributed by atoms with E-state index < -0.39 is 12.1 Å². The van der Waals surface area contributed by atoms with Gasteiger partial charge in [0.2, 0.25) is 5.91 Å². The fourth-order valence-electron chi connectivity index (χ4n) is 5.01. The number of hydrogen-bond donors (Lipinski definition) is 2. The van der Waals surface area contributed by atoms with Crippen molar-refractivity contribution in [2.24, 2.45) is 11.7 Å². The lowest BCUT2D eigenvalue weighted by molar-refractivity contribution is -0.133. The van der Waals surface area contributed by atoms with E-state index in [0.29, 0.717) is 51.0 Å². The number of ether oxygens (including phenoxy) is 1. The summed E-state index contributed by atoms with van der Waals surface area (Å²) in [6.45, 7) is 5.75. The molecule has 3 N–H and O–H groups in total. The van der Waals surface area contributed by atoms with Crippen LogP contribution in [0.4, 0.5) is 4.79 Å². The van der Waals surface area contributed by atoms with Gasteiger partial charge >= 0.3 is 6.09 Å². The number of benzene rings is 2. The second-order valence-corrected chi connectivity index (χ2v) is 10.7. The van der Waals surface area contributed by atoms with Gasteiger partial charge in [0.1, 0.15) is 18.3 Å². The first-order valence-electron chi connectivity index (χ1n) is 15.3. The van der Waals surface area contributed by atoms with Crippen LogP contribution in [-0.2, 0) is 16.1 Å². The van der Waals surface area contributed by atoms with Gasteiger partial charge in [-0.15, -0.1) is 0 Å². The number of hydrogen-bond acceptors (Lipinski definition) is 6. The minimum Gasteiger partial charge on any atom is -0.445 e. The molecule has 0 aliphatic heterocycles. The highest BCUT2D eigenvalue weighted by Crippen LogP contribution is 2.20. The molecule has 2 amide bonds. The molecule has 2 aromatic carbocycles. The van der Waals surface area contributed by atoms with Gasteiger partial charge in [0.15, 0.2) is 5.78 Å². The zero-order chi connectivity index (χ0) is 30.2. The number of pyridine rings is 1. The van der Waals surface area contributed by atoms with Crippen molar-refractivity contribution in [2.75, 3.05) is 19.6 Å². The van der Waals surface area contributed by atoms with Crippen molar-refractivity contribution in [2.45, 2.75) is 77.9 Å². The molecule has 226 valence electrons. The molecule has 0 radical (unpaired) electrons. The molecule has 3 aromatic rings. The molecular formula is C34H46N4O4. The van der Waals surface area contributed by atoms with E-state index in [0.717, 1.165) is 42.1 Å². The molecule has 0 spiro atoms. The SMILES string of the molecule is CCCCCN(CCC(CC)C(=O)c1ccc2ccccc2n1)C(=O)[C@@H](CCCCN)NC(=O)OCc1ccccc1. The zero-order valence-electron chi connectivity index (χ0n) is 25.1. The summed E-state index contributed by atoms with van der Waals surface area (Å²) in [7, 11) is 0. The molecule has 0 aliphatic carbocycles. The number of amides is 2. The van der Waals surface area contributed by atoms with E-state index in [1.807, 2.05) is 72.5 Å². The Bertz CT molecular complexity index is 1270. The second kappa shape index (κ2) is 17.9. The van der Waals surface area contributed by atoms with Crippen LogP contribution in [0.15, 0.2) is 66.7 Å². The van der Waals surface area contributed by atoms with E-state index >= 15 is 0 Å². The first kappa shape index (κ1) is 32.7. The molecule has 0 saturated heterocycles. The number of nitrogens with two attached hydrogens (primary N) is 1. The van der Waals surface area contributed by atoms with E-state index in [9.17, 15) is 14.4 Å². The molecule has 0 aliphatic rings. The molecule has 8 nitrogen and oxygen atoms in total. The fourth-order valence-corrected chi connectivity index (χ4v) is 5.01. The number of aromatic nitrogens is 1. The number of ketones is 1. The topological polar surface area (TPSA) is 115 Å². The molecule has 0 bridgehead atoms. The summed E-state index contributed by atoms with van der Waals surface area (Å²) in [6, 6.07) is 20.2. The highest BCUT2D eigenvalue weighted by atomic mass is 16.5. The standard InChI is InChI=1S/C34H46N4O4/c1-3-5-13-23-38(24-21-27(4-2)32(39)30-20-19-28-16-9-10-17-29(28)36-30)33(40)31(18-11-12-22-35)37-34(41)42-25-26-14-7-6-8-15-26/h6-10,14-17,19-20,27,31H,3-5,11-13,18,21-25,35H2,1-2H3,(H,37,41)/t27?,31-/m1/s1. The number of nitrogens with one attached hydrogen (secondary N) is 1. The third-order valence-corrected chi connectivity index (χ3v) is 7.56. The first-order chi connectivity index (χ1) is 20.5. The van der Waals surface area contributed by atoms with Crippen molar-refractivity contribution in [3.8, 4) is 0 Å². The predicted octanol–water partition coefficient (Wildman–Crippen LogP) is 6.28. The number of nitrogens with zero attached hydrogens (tertiary/aromatic N) is 2. The van der Waals surface area contributed by atoms with Gasteiger partial charge in [-0.2, -0.15) is 0 Å². The van der Waals surface area contributed by atoms with Crippen molar-refractivity contribution in [3.05, 3.63) is 78.0 Å². The van der Waals surface area contributed by atoms with Crippen LogP contribution >= 0.6 is 0 Å². The van der Waals surface area contributed by atoms with Crippen molar-refractivity contribution in [3.63, 3.8) is 0 Å². The molecule has 1 heterocycles. The lowest BCUT2D eigenvalue weighted by atomic mass is 9.94. The Morgan fingerprint density at radius 1 is 0.881 bits per heavy atom. The third-order valence-electron chi connectivity index (χ3n) is 7.56. The average molecular weight is 575 g/mol. The van der Waals surface area contributed by atoms with Gasteiger partial charge in [0.05, 0.1) is 5.52 Å². The summed E-state index contributed by atoms with van der Waals surface area (Å²) in [5.41, 5.74) is 7.82. The van der Waals surface area contributed by atoms with Crippen molar-refractivity contribution in [1.29, 1.82) is 0 Å². The van der Waals surface area contributed by atoms with Gasteiger partial charge in [-0.25, -0.2) is 9.78 Å². The van der Waals surface area contributed by atoms with Crippen molar-refractivity contribution >= 4 is 28.7 Å². The maximum Gasteiger partial charge on any atom is 0.408 e. The van der Waals surface area contributed by atoms with Gasteiger partial charge in [-0.05, 0) is 62.8 Å². The smallest absolute Gasteiger partial charge is 0.408 e. The van der Waals surface area contributed by atoms with Crippen LogP contribution in [0.2, 0.25) is 0 Å². The quantitative estimate of drug-likeness (QED) is 0.137. The summed E-state index contributed by atoms with van der Waals surface area (Å²) >= 11 is 0. The number of rotatable bonds is 18. The maximum absolute atomic E-state index is 13.9. The van der Waals surface area contributed by atoms with Gasteiger partial charge in [0, 0.05) is 24.4 Å². The van der Waals surface area contributed by atoms with Crippen LogP contribution in [0.3, 0.4) is 0 Å². The fraction of sp³-hybridized carbons (Fsp3) is 0.471. The number of Topliss-reactive ketones (excluding diaryl/α,β-unsaturated/α-hetero) is 1. The highest BCUT2D eigenvalue weighted by Gasteiger charge is 2.28. The van der Waals surface area contributed by atoms with E-state index in [-0.39, 0.29) is 24.2 Å². The average Bonchev–Trinajstić information content (AvgIpc) is 3.02. The Hall–Kier alpha value is -3.78. The summed E-state index contributed by atoms with van der Waals surface area (Å²) in [5.74, 6) is -0.420. The van der Waals surface area contributed by atoms with E-state index in [1.54, 1.807) is 6.07 Å². The summed E-state index contributed by atoms with van der Waals surface area (Å²) in [6.07, 6.45) is 5.35. The number of unbranched alkanes of at least 4 members (excludes halogenated alkanes) is 3. The van der Waals surface area contributed by atoms with Crippen molar-refractivity contribution in [1.82, 2.24) is 15.2 Å². The van der Waals surface area contributed by atoms with Gasteiger partial charge in [-0.3, -0.25) is 9.59 Å². The van der Waals surface area contributed by atoms with Crippen LogP contribution in [0, 0.1) is 5.92 Å². The number of alkyl carbamates (subject to hydrolysis) is 1. The number of para-hydroxylation sites is 1. The normalized spacial score (nSPS) is 12.5. The van der Waals surface area contributed by atoms with Crippen molar-refractivity contribution < 1.29 is 19.1 Å². The second-order valence-electron chi connectivity index (χ2n) is 10.7. The lowest BCUT2D eigenvalue weighted by Gasteiger charge is -2.29. The molecule has 1 aromatic heterocycles. The Morgan fingerprint density at radius 2 is 1.64 bits per heavy atom. The lowest BCUT2D eigenvalue weighted by Crippen LogP contribution is -2.49. The monoisotopic (exact) mass is 574 g/mol. The summed E-state index contributed by atoms with van der Waals surface area (Å²) in [5, 5.41) is 3.80. The minimum atomic E-state index is -0.723. The van der Waals surface area contributed by atoms with Crippen LogP contribution in [0.25, 0.3) is 10.9 Å². The largest absolute Gasteiger partial charge is 0.445 e. The number of carbonyl (C=O) groups excluding carboxylic acids is 3. The molecular weight excluding hydrogens is 528 g/mol. The highest BCUT2D eigenvalue weighted by molar-refractivity contribution is 5.98. The molecule has 2 atom stereocenters. The molecule has 42 heavy (non-hydrogen) atoms.